The molecule has 0 amide bonds. The molecule has 0 unspecified atom stereocenters. The lowest BCUT2D eigenvalue weighted by Crippen LogP contribution is -2.31. The van der Waals surface area contributed by atoms with Gasteiger partial charge in [-0.1, -0.05) is 6.42 Å². The van der Waals surface area contributed by atoms with Crippen LogP contribution in [0.25, 0.3) is 5.52 Å². The summed E-state index contributed by atoms with van der Waals surface area (Å²) in [4.78, 5) is 6.72. The summed E-state index contributed by atoms with van der Waals surface area (Å²) in [6.07, 6.45) is 8.92. The summed E-state index contributed by atoms with van der Waals surface area (Å²) in [5.74, 6) is 1.65. The lowest BCUT2D eigenvalue weighted by Gasteiger charge is -2.26. The van der Waals surface area contributed by atoms with Crippen molar-refractivity contribution >= 4 is 5.52 Å². The highest BCUT2D eigenvalue weighted by molar-refractivity contribution is 5.49. The van der Waals surface area contributed by atoms with Crippen molar-refractivity contribution in [3.05, 3.63) is 24.3 Å². The van der Waals surface area contributed by atoms with Gasteiger partial charge in [-0.15, -0.1) is 0 Å². The van der Waals surface area contributed by atoms with Crippen molar-refractivity contribution in [2.75, 3.05) is 26.2 Å². The molecule has 20 heavy (non-hydrogen) atoms. The Morgan fingerprint density at radius 1 is 1.25 bits per heavy atom. The summed E-state index contributed by atoms with van der Waals surface area (Å²) in [7, 11) is 0. The van der Waals surface area contributed by atoms with E-state index in [0.717, 1.165) is 36.7 Å². The Kier molecular flexibility index (Phi) is 4.16. The average molecular weight is 274 g/mol. The van der Waals surface area contributed by atoms with Gasteiger partial charge in [-0.2, -0.15) is 5.10 Å². The lowest BCUT2D eigenvalue weighted by atomic mass is 10.1. The second kappa shape index (κ2) is 6.22. The Balaban J connectivity index is 1.47. The monoisotopic (exact) mass is 274 g/mol. The number of aromatic nitrogens is 3. The molecule has 0 atom stereocenters. The van der Waals surface area contributed by atoms with E-state index in [4.69, 9.17) is 4.74 Å². The predicted octanol–water partition coefficient (Wildman–Crippen LogP) is 2.29. The van der Waals surface area contributed by atoms with Crippen LogP contribution in [-0.4, -0.2) is 45.7 Å². The summed E-state index contributed by atoms with van der Waals surface area (Å²) in [6, 6.07) is 1.99. The maximum Gasteiger partial charge on any atom is 0.146 e. The fourth-order valence-electron chi connectivity index (χ4n) is 2.71. The van der Waals surface area contributed by atoms with E-state index in [1.165, 1.54) is 32.4 Å². The summed E-state index contributed by atoms with van der Waals surface area (Å²) >= 11 is 0. The van der Waals surface area contributed by atoms with E-state index >= 15 is 0 Å². The van der Waals surface area contributed by atoms with Crippen molar-refractivity contribution in [2.24, 2.45) is 0 Å². The van der Waals surface area contributed by atoms with Gasteiger partial charge >= 0.3 is 0 Å². The van der Waals surface area contributed by atoms with Crippen LogP contribution in [-0.2, 0) is 0 Å². The van der Waals surface area contributed by atoms with Crippen LogP contribution < -0.4 is 4.74 Å². The van der Waals surface area contributed by atoms with Gasteiger partial charge in [0.05, 0.1) is 24.5 Å². The zero-order chi connectivity index (χ0) is 13.8. The van der Waals surface area contributed by atoms with E-state index in [9.17, 15) is 0 Å². The first kappa shape index (κ1) is 13.4. The Bertz CT molecular complexity index is 560. The highest BCUT2D eigenvalue weighted by Gasteiger charge is 2.09. The van der Waals surface area contributed by atoms with Crippen LogP contribution in [0, 0.1) is 6.92 Å². The van der Waals surface area contributed by atoms with Crippen LogP contribution in [0.1, 0.15) is 31.5 Å². The van der Waals surface area contributed by atoms with Gasteiger partial charge in [0.2, 0.25) is 0 Å². The Morgan fingerprint density at radius 2 is 2.10 bits per heavy atom. The third kappa shape index (κ3) is 3.28. The summed E-state index contributed by atoms with van der Waals surface area (Å²) < 4.78 is 7.63. The van der Waals surface area contributed by atoms with E-state index in [-0.39, 0.29) is 0 Å². The van der Waals surface area contributed by atoms with Crippen LogP contribution in [0.3, 0.4) is 0 Å². The third-order valence-electron chi connectivity index (χ3n) is 3.78. The lowest BCUT2D eigenvalue weighted by molar-refractivity contribution is 0.205. The first-order valence-electron chi connectivity index (χ1n) is 7.48. The van der Waals surface area contributed by atoms with Gasteiger partial charge in [-0.05, 0) is 39.3 Å². The normalized spacial score (nSPS) is 16.6. The molecule has 3 heterocycles. The largest absolute Gasteiger partial charge is 0.492 e. The van der Waals surface area contributed by atoms with Crippen molar-refractivity contribution < 1.29 is 4.74 Å². The van der Waals surface area contributed by atoms with E-state index in [0.29, 0.717) is 0 Å². The van der Waals surface area contributed by atoms with Crippen molar-refractivity contribution in [3.63, 3.8) is 0 Å². The number of fused-ring (bicyclic) bond motifs is 1. The van der Waals surface area contributed by atoms with Crippen LogP contribution >= 0.6 is 0 Å². The number of hydrogen-bond donors (Lipinski definition) is 0. The minimum absolute atomic E-state index is 0.764. The molecule has 0 aliphatic carbocycles. The summed E-state index contributed by atoms with van der Waals surface area (Å²) in [5, 5.41) is 4.32. The molecular weight excluding hydrogens is 252 g/mol. The zero-order valence-electron chi connectivity index (χ0n) is 12.1. The van der Waals surface area contributed by atoms with Crippen molar-refractivity contribution in [3.8, 4) is 5.75 Å². The molecule has 5 heteroatoms. The molecule has 5 nitrogen and oxygen atoms in total. The summed E-state index contributed by atoms with van der Waals surface area (Å²) in [5.41, 5.74) is 0.974. The molecule has 3 rings (SSSR count). The minimum atomic E-state index is 0.764. The maximum absolute atomic E-state index is 5.81. The van der Waals surface area contributed by atoms with Crippen LogP contribution in [0.5, 0.6) is 5.75 Å². The Labute approximate surface area is 119 Å². The molecule has 0 radical (unpaired) electrons. The highest BCUT2D eigenvalue weighted by atomic mass is 16.5. The van der Waals surface area contributed by atoms with Gasteiger partial charge in [0.25, 0.3) is 0 Å². The molecule has 1 aliphatic rings. The Morgan fingerprint density at radius 3 is 2.95 bits per heavy atom. The van der Waals surface area contributed by atoms with E-state index in [1.807, 2.05) is 29.9 Å². The van der Waals surface area contributed by atoms with Gasteiger partial charge in [-0.25, -0.2) is 9.50 Å². The number of aryl methyl sites for hydroxylation is 1. The molecule has 2 aromatic heterocycles. The van der Waals surface area contributed by atoms with Crippen molar-refractivity contribution in [1.82, 2.24) is 19.5 Å². The molecule has 1 saturated heterocycles. The molecule has 0 spiro atoms. The number of nitrogens with zero attached hydrogens (tertiary/aromatic N) is 4. The molecule has 2 aromatic rings. The van der Waals surface area contributed by atoms with Gasteiger partial charge in [0, 0.05) is 12.6 Å². The third-order valence-corrected chi connectivity index (χ3v) is 3.78. The molecule has 0 saturated carbocycles. The topological polar surface area (TPSA) is 42.7 Å². The average Bonchev–Trinajstić information content (AvgIpc) is 2.86. The number of hydrogen-bond acceptors (Lipinski definition) is 4. The van der Waals surface area contributed by atoms with E-state index in [2.05, 4.69) is 15.0 Å². The van der Waals surface area contributed by atoms with E-state index in [1.54, 1.807) is 0 Å². The molecule has 1 aliphatic heterocycles. The molecular formula is C15H22N4O. The number of ether oxygens (including phenoxy) is 1. The standard InChI is InChI=1S/C15H22N4O/c1-13-16-11-14-10-15(12-19(14)17-13)20-9-5-8-18-6-3-2-4-7-18/h10-12H,2-9H2,1H3. The SMILES string of the molecule is Cc1ncc2cc(OCCCN3CCCCC3)cn2n1. The fourth-order valence-corrected chi connectivity index (χ4v) is 2.71. The second-order valence-electron chi connectivity index (χ2n) is 5.45. The minimum Gasteiger partial charge on any atom is -0.492 e. The zero-order valence-corrected chi connectivity index (χ0v) is 12.1. The smallest absolute Gasteiger partial charge is 0.146 e. The van der Waals surface area contributed by atoms with Crippen molar-refractivity contribution in [1.29, 1.82) is 0 Å². The quantitative estimate of drug-likeness (QED) is 0.785. The summed E-state index contributed by atoms with van der Waals surface area (Å²) in [6.45, 7) is 6.31. The predicted molar refractivity (Wildman–Crippen MR) is 78.1 cm³/mol. The van der Waals surface area contributed by atoms with Gasteiger partial charge in [0.1, 0.15) is 11.6 Å². The fraction of sp³-hybridized carbons (Fsp3) is 0.600. The first-order valence-corrected chi connectivity index (χ1v) is 7.48. The second-order valence-corrected chi connectivity index (χ2v) is 5.45. The van der Waals surface area contributed by atoms with Crippen LogP contribution in [0.2, 0.25) is 0 Å². The maximum atomic E-state index is 5.81. The number of rotatable bonds is 5. The van der Waals surface area contributed by atoms with Gasteiger partial charge in [0.15, 0.2) is 0 Å². The number of likely N-dealkylation sites (tertiary alicyclic amines) is 1. The molecule has 108 valence electrons. The van der Waals surface area contributed by atoms with Gasteiger partial charge in [-0.3, -0.25) is 0 Å². The van der Waals surface area contributed by atoms with E-state index < -0.39 is 0 Å². The first-order chi connectivity index (χ1) is 9.81. The number of piperidine rings is 1. The van der Waals surface area contributed by atoms with Crippen LogP contribution in [0.4, 0.5) is 0 Å². The highest BCUT2D eigenvalue weighted by Crippen LogP contribution is 2.16. The molecule has 0 bridgehead atoms. The van der Waals surface area contributed by atoms with Gasteiger partial charge < -0.3 is 9.64 Å². The molecule has 0 aromatic carbocycles. The molecule has 1 fully saturated rings. The molecule has 0 N–H and O–H groups in total. The van der Waals surface area contributed by atoms with Crippen molar-refractivity contribution in [2.45, 2.75) is 32.6 Å². The van der Waals surface area contributed by atoms with Crippen LogP contribution in [0.15, 0.2) is 18.5 Å². The Hall–Kier alpha value is -1.62.